The second-order valence-electron chi connectivity index (χ2n) is 4.60. The summed E-state index contributed by atoms with van der Waals surface area (Å²) in [4.78, 5) is 8.34. The van der Waals surface area contributed by atoms with Crippen molar-refractivity contribution in [2.24, 2.45) is 5.92 Å². The standard InChI is InChI=1S/C12H20N4/c1-3-9-11(13)14-7-15-12(9)16-10-6-4-5-8(10)2/h7-8,10H,3-6H2,1-2H3,(H3,13,14,15,16). The zero-order valence-corrected chi connectivity index (χ0v) is 10.0. The van der Waals surface area contributed by atoms with Gasteiger partial charge in [-0.15, -0.1) is 0 Å². The van der Waals surface area contributed by atoms with Crippen molar-refractivity contribution in [1.29, 1.82) is 0 Å². The number of aromatic nitrogens is 2. The molecule has 1 aromatic heterocycles. The van der Waals surface area contributed by atoms with Crippen LogP contribution < -0.4 is 11.1 Å². The van der Waals surface area contributed by atoms with E-state index in [1.54, 1.807) is 0 Å². The van der Waals surface area contributed by atoms with E-state index in [1.165, 1.54) is 25.6 Å². The maximum atomic E-state index is 5.85. The Labute approximate surface area is 96.7 Å². The van der Waals surface area contributed by atoms with E-state index in [1.807, 2.05) is 0 Å². The summed E-state index contributed by atoms with van der Waals surface area (Å²) in [5.41, 5.74) is 6.89. The van der Waals surface area contributed by atoms with E-state index in [0.717, 1.165) is 23.7 Å². The third kappa shape index (κ3) is 2.10. The van der Waals surface area contributed by atoms with Crippen LogP contribution in [0.1, 0.15) is 38.7 Å². The number of rotatable bonds is 3. The second kappa shape index (κ2) is 4.68. The minimum absolute atomic E-state index is 0.541. The van der Waals surface area contributed by atoms with Gasteiger partial charge in [0, 0.05) is 11.6 Å². The average Bonchev–Trinajstić information content (AvgIpc) is 2.65. The maximum Gasteiger partial charge on any atom is 0.134 e. The first kappa shape index (κ1) is 11.2. The molecule has 4 nitrogen and oxygen atoms in total. The largest absolute Gasteiger partial charge is 0.383 e. The predicted octanol–water partition coefficient (Wildman–Crippen LogP) is 2.22. The van der Waals surface area contributed by atoms with E-state index in [4.69, 9.17) is 5.73 Å². The monoisotopic (exact) mass is 220 g/mol. The number of nitrogens with zero attached hydrogens (tertiary/aromatic N) is 2. The number of nitrogen functional groups attached to an aromatic ring is 1. The molecule has 1 fully saturated rings. The van der Waals surface area contributed by atoms with Crippen molar-refractivity contribution in [3.05, 3.63) is 11.9 Å². The van der Waals surface area contributed by atoms with Gasteiger partial charge in [-0.25, -0.2) is 9.97 Å². The van der Waals surface area contributed by atoms with E-state index >= 15 is 0 Å². The number of hydrogen-bond donors (Lipinski definition) is 2. The zero-order valence-electron chi connectivity index (χ0n) is 10.0. The first-order valence-corrected chi connectivity index (χ1v) is 6.08. The van der Waals surface area contributed by atoms with Gasteiger partial charge in [-0.05, 0) is 25.2 Å². The summed E-state index contributed by atoms with van der Waals surface area (Å²) in [5, 5.41) is 3.52. The molecule has 2 rings (SSSR count). The summed E-state index contributed by atoms with van der Waals surface area (Å²) in [5.74, 6) is 2.25. The van der Waals surface area contributed by atoms with E-state index < -0.39 is 0 Å². The summed E-state index contributed by atoms with van der Waals surface area (Å²) in [6.07, 6.45) is 6.25. The fourth-order valence-corrected chi connectivity index (χ4v) is 2.43. The van der Waals surface area contributed by atoms with Crippen LogP contribution in [0.5, 0.6) is 0 Å². The third-order valence-electron chi connectivity index (χ3n) is 3.52. The summed E-state index contributed by atoms with van der Waals surface area (Å²) in [6.45, 7) is 4.37. The molecule has 2 unspecified atom stereocenters. The van der Waals surface area contributed by atoms with Gasteiger partial charge in [0.05, 0.1) is 0 Å². The van der Waals surface area contributed by atoms with Crippen molar-refractivity contribution in [2.45, 2.75) is 45.6 Å². The van der Waals surface area contributed by atoms with Crippen molar-refractivity contribution >= 4 is 11.6 Å². The highest BCUT2D eigenvalue weighted by Crippen LogP contribution is 2.29. The maximum absolute atomic E-state index is 5.85. The molecule has 3 N–H and O–H groups in total. The highest BCUT2D eigenvalue weighted by molar-refractivity contribution is 5.55. The first-order chi connectivity index (χ1) is 7.72. The minimum Gasteiger partial charge on any atom is -0.383 e. The molecule has 0 aliphatic heterocycles. The average molecular weight is 220 g/mol. The summed E-state index contributed by atoms with van der Waals surface area (Å²) in [6, 6.07) is 0.541. The fourth-order valence-electron chi connectivity index (χ4n) is 2.43. The molecule has 1 aliphatic carbocycles. The first-order valence-electron chi connectivity index (χ1n) is 6.08. The second-order valence-corrected chi connectivity index (χ2v) is 4.60. The normalized spacial score (nSPS) is 24.6. The van der Waals surface area contributed by atoms with Gasteiger partial charge in [-0.2, -0.15) is 0 Å². The lowest BCUT2D eigenvalue weighted by atomic mass is 10.1. The van der Waals surface area contributed by atoms with Crippen molar-refractivity contribution < 1.29 is 0 Å². The molecular formula is C12H20N4. The molecule has 0 aromatic carbocycles. The van der Waals surface area contributed by atoms with Crippen LogP contribution in [0.2, 0.25) is 0 Å². The number of anilines is 2. The Morgan fingerprint density at radius 1 is 1.44 bits per heavy atom. The van der Waals surface area contributed by atoms with Crippen LogP contribution >= 0.6 is 0 Å². The Hall–Kier alpha value is -1.32. The lowest BCUT2D eigenvalue weighted by molar-refractivity contribution is 0.554. The van der Waals surface area contributed by atoms with Gasteiger partial charge in [0.1, 0.15) is 18.0 Å². The van der Waals surface area contributed by atoms with Crippen LogP contribution in [0, 0.1) is 5.92 Å². The molecule has 0 spiro atoms. The summed E-state index contributed by atoms with van der Waals surface area (Å²) in [7, 11) is 0. The topological polar surface area (TPSA) is 63.8 Å². The number of nitrogens with two attached hydrogens (primary N) is 1. The van der Waals surface area contributed by atoms with Gasteiger partial charge in [0.15, 0.2) is 0 Å². The van der Waals surface area contributed by atoms with Gasteiger partial charge in [-0.1, -0.05) is 20.3 Å². The zero-order chi connectivity index (χ0) is 11.5. The van der Waals surface area contributed by atoms with Gasteiger partial charge < -0.3 is 11.1 Å². The van der Waals surface area contributed by atoms with Crippen molar-refractivity contribution in [1.82, 2.24) is 9.97 Å². The van der Waals surface area contributed by atoms with Crippen LogP contribution in [0.15, 0.2) is 6.33 Å². The molecule has 0 bridgehead atoms. The van der Waals surface area contributed by atoms with Crippen molar-refractivity contribution in [3.8, 4) is 0 Å². The van der Waals surface area contributed by atoms with Gasteiger partial charge in [-0.3, -0.25) is 0 Å². The lowest BCUT2D eigenvalue weighted by Gasteiger charge is -2.20. The van der Waals surface area contributed by atoms with E-state index in [0.29, 0.717) is 11.9 Å². The smallest absolute Gasteiger partial charge is 0.134 e. The predicted molar refractivity (Wildman–Crippen MR) is 66.2 cm³/mol. The van der Waals surface area contributed by atoms with E-state index in [2.05, 4.69) is 29.1 Å². The molecule has 0 saturated heterocycles. The Bertz CT molecular complexity index is 364. The van der Waals surface area contributed by atoms with Crippen molar-refractivity contribution in [2.75, 3.05) is 11.1 Å². The molecule has 1 heterocycles. The number of nitrogens with one attached hydrogen (secondary N) is 1. The molecule has 0 amide bonds. The molecule has 16 heavy (non-hydrogen) atoms. The van der Waals surface area contributed by atoms with Crippen LogP contribution in [0.25, 0.3) is 0 Å². The Balaban J connectivity index is 2.17. The van der Waals surface area contributed by atoms with Gasteiger partial charge in [0.2, 0.25) is 0 Å². The summed E-state index contributed by atoms with van der Waals surface area (Å²) >= 11 is 0. The lowest BCUT2D eigenvalue weighted by Crippen LogP contribution is -2.23. The van der Waals surface area contributed by atoms with E-state index in [9.17, 15) is 0 Å². The minimum atomic E-state index is 0.541. The molecule has 2 atom stereocenters. The summed E-state index contributed by atoms with van der Waals surface area (Å²) < 4.78 is 0. The Morgan fingerprint density at radius 2 is 2.25 bits per heavy atom. The van der Waals surface area contributed by atoms with Crippen molar-refractivity contribution in [3.63, 3.8) is 0 Å². The highest BCUT2D eigenvalue weighted by atomic mass is 15.1. The SMILES string of the molecule is CCc1c(N)ncnc1NC1CCCC1C. The molecular weight excluding hydrogens is 200 g/mol. The molecule has 4 heteroatoms. The van der Waals surface area contributed by atoms with Crippen LogP contribution in [-0.4, -0.2) is 16.0 Å². The molecule has 0 radical (unpaired) electrons. The number of hydrogen-bond acceptors (Lipinski definition) is 4. The van der Waals surface area contributed by atoms with Gasteiger partial charge >= 0.3 is 0 Å². The molecule has 88 valence electrons. The van der Waals surface area contributed by atoms with Crippen LogP contribution in [0.4, 0.5) is 11.6 Å². The molecule has 1 aromatic rings. The molecule has 1 aliphatic rings. The fraction of sp³-hybridized carbons (Fsp3) is 0.667. The molecule has 1 saturated carbocycles. The Kier molecular flexibility index (Phi) is 3.27. The van der Waals surface area contributed by atoms with Crippen LogP contribution in [-0.2, 0) is 6.42 Å². The highest BCUT2D eigenvalue weighted by Gasteiger charge is 2.24. The Morgan fingerprint density at radius 3 is 2.88 bits per heavy atom. The quantitative estimate of drug-likeness (QED) is 0.819. The van der Waals surface area contributed by atoms with Gasteiger partial charge in [0.25, 0.3) is 0 Å². The third-order valence-corrected chi connectivity index (χ3v) is 3.52. The van der Waals surface area contributed by atoms with E-state index in [-0.39, 0.29) is 0 Å². The van der Waals surface area contributed by atoms with Crippen LogP contribution in [0.3, 0.4) is 0 Å².